The molecule has 0 fully saturated rings. The van der Waals surface area contributed by atoms with Gasteiger partial charge in [-0.05, 0) is 44.5 Å². The number of nitrogens with zero attached hydrogens (tertiary/aromatic N) is 1. The van der Waals surface area contributed by atoms with Crippen molar-refractivity contribution in [1.29, 1.82) is 0 Å². The number of aromatic nitrogens is 1. The number of unbranched alkanes of at least 4 members (excludes halogenated alkanes) is 1. The number of hydrogen-bond acceptors (Lipinski definition) is 2. The number of hydrogen-bond donors (Lipinski definition) is 1. The molecule has 22 heavy (non-hydrogen) atoms. The van der Waals surface area contributed by atoms with Crippen molar-refractivity contribution in [1.82, 2.24) is 9.88 Å². The zero-order valence-electron chi connectivity index (χ0n) is 14.3. The molecular weight excluding hydrogens is 272 g/mol. The third kappa shape index (κ3) is 3.41. The third-order valence-corrected chi connectivity index (χ3v) is 4.47. The first-order valence-electron chi connectivity index (χ1n) is 8.48. The molecule has 2 aromatic rings. The molecule has 0 aliphatic carbocycles. The van der Waals surface area contributed by atoms with Crippen LogP contribution in [0.5, 0.6) is 0 Å². The minimum atomic E-state index is 0.191. The lowest BCUT2D eigenvalue weighted by Crippen LogP contribution is -2.28. The zero-order valence-corrected chi connectivity index (χ0v) is 14.3. The van der Waals surface area contributed by atoms with Crippen LogP contribution in [0.1, 0.15) is 50.4 Å². The summed E-state index contributed by atoms with van der Waals surface area (Å²) < 4.78 is 0. The monoisotopic (exact) mass is 300 g/mol. The van der Waals surface area contributed by atoms with E-state index in [1.807, 2.05) is 19.1 Å². The fraction of sp³-hybridized carbons (Fsp3) is 0.526. The molecule has 0 spiro atoms. The van der Waals surface area contributed by atoms with Gasteiger partial charge in [-0.2, -0.15) is 0 Å². The van der Waals surface area contributed by atoms with E-state index in [0.29, 0.717) is 0 Å². The van der Waals surface area contributed by atoms with Gasteiger partial charge in [-0.3, -0.25) is 9.69 Å². The van der Waals surface area contributed by atoms with E-state index in [4.69, 9.17) is 0 Å². The smallest absolute Gasteiger partial charge is 0.194 e. The van der Waals surface area contributed by atoms with Crippen LogP contribution in [0.25, 0.3) is 10.9 Å². The second-order valence-corrected chi connectivity index (χ2v) is 5.97. The van der Waals surface area contributed by atoms with Gasteiger partial charge in [0.2, 0.25) is 0 Å². The van der Waals surface area contributed by atoms with Gasteiger partial charge in [0.15, 0.2) is 5.43 Å². The Morgan fingerprint density at radius 3 is 2.59 bits per heavy atom. The van der Waals surface area contributed by atoms with Gasteiger partial charge in [-0.1, -0.05) is 39.3 Å². The van der Waals surface area contributed by atoms with Gasteiger partial charge in [-0.15, -0.1) is 0 Å². The summed E-state index contributed by atoms with van der Waals surface area (Å²) in [7, 11) is 0. The Kier molecular flexibility index (Phi) is 5.78. The predicted molar refractivity (Wildman–Crippen MR) is 94.5 cm³/mol. The lowest BCUT2D eigenvalue weighted by molar-refractivity contribution is 0.274. The van der Waals surface area contributed by atoms with Crippen LogP contribution >= 0.6 is 0 Å². The Labute approximate surface area is 133 Å². The molecule has 3 heteroatoms. The van der Waals surface area contributed by atoms with Gasteiger partial charge in [0, 0.05) is 23.2 Å². The maximum atomic E-state index is 12.9. The highest BCUT2D eigenvalue weighted by Crippen LogP contribution is 2.17. The summed E-state index contributed by atoms with van der Waals surface area (Å²) in [5, 5.41) is 0.825. The molecule has 0 saturated carbocycles. The normalized spacial score (nSPS) is 11.5. The maximum Gasteiger partial charge on any atom is 0.194 e. The molecule has 0 aliphatic rings. The number of pyridine rings is 1. The van der Waals surface area contributed by atoms with E-state index in [2.05, 4.69) is 36.7 Å². The molecule has 0 atom stereocenters. The first-order valence-corrected chi connectivity index (χ1v) is 8.48. The van der Waals surface area contributed by atoms with E-state index in [9.17, 15) is 4.79 Å². The van der Waals surface area contributed by atoms with E-state index in [0.717, 1.165) is 48.2 Å². The second kappa shape index (κ2) is 7.59. The average Bonchev–Trinajstić information content (AvgIpc) is 2.53. The van der Waals surface area contributed by atoms with Gasteiger partial charge in [0.05, 0.1) is 5.52 Å². The Morgan fingerprint density at radius 2 is 1.95 bits per heavy atom. The summed E-state index contributed by atoms with van der Waals surface area (Å²) in [5.41, 5.74) is 4.33. The lowest BCUT2D eigenvalue weighted by Gasteiger charge is -2.21. The molecule has 1 aromatic heterocycles. The molecular formula is C19H28N2O. The van der Waals surface area contributed by atoms with E-state index >= 15 is 0 Å². The molecule has 3 nitrogen and oxygen atoms in total. The molecule has 0 bridgehead atoms. The van der Waals surface area contributed by atoms with Crippen molar-refractivity contribution in [3.8, 4) is 0 Å². The third-order valence-electron chi connectivity index (χ3n) is 4.47. The number of aromatic amines is 1. The van der Waals surface area contributed by atoms with Gasteiger partial charge in [0.1, 0.15) is 0 Å². The Hall–Kier alpha value is -1.61. The highest BCUT2D eigenvalue weighted by Gasteiger charge is 2.13. The van der Waals surface area contributed by atoms with Crippen LogP contribution in [0.4, 0.5) is 0 Å². The molecule has 0 radical (unpaired) electrons. The molecule has 120 valence electrons. The SMILES string of the molecule is CCCCN(CC)Cc1c(C)[nH]c2c(CC)cccc2c1=O. The molecule has 0 amide bonds. The van der Waals surface area contributed by atoms with Gasteiger partial charge < -0.3 is 4.98 Å². The summed E-state index contributed by atoms with van der Waals surface area (Å²) in [6.07, 6.45) is 3.30. The lowest BCUT2D eigenvalue weighted by atomic mass is 10.0. The number of para-hydroxylation sites is 1. The fourth-order valence-corrected chi connectivity index (χ4v) is 2.97. The summed E-state index contributed by atoms with van der Waals surface area (Å²) in [6.45, 7) is 11.3. The van der Waals surface area contributed by atoms with E-state index in [-0.39, 0.29) is 5.43 Å². The van der Waals surface area contributed by atoms with Crippen LogP contribution in [0.3, 0.4) is 0 Å². The average molecular weight is 300 g/mol. The number of aryl methyl sites for hydroxylation is 2. The van der Waals surface area contributed by atoms with Crippen LogP contribution in [-0.2, 0) is 13.0 Å². The van der Waals surface area contributed by atoms with Crippen LogP contribution in [-0.4, -0.2) is 23.0 Å². The van der Waals surface area contributed by atoms with Crippen molar-refractivity contribution >= 4 is 10.9 Å². The number of nitrogens with one attached hydrogen (secondary N) is 1. The molecule has 0 saturated heterocycles. The molecule has 1 N–H and O–H groups in total. The number of fused-ring (bicyclic) bond motifs is 1. The van der Waals surface area contributed by atoms with Crippen LogP contribution < -0.4 is 5.43 Å². The fourth-order valence-electron chi connectivity index (χ4n) is 2.97. The Balaban J connectivity index is 2.45. The number of H-pyrrole nitrogens is 1. The number of rotatable bonds is 7. The summed E-state index contributed by atoms with van der Waals surface area (Å²) in [4.78, 5) is 18.7. The summed E-state index contributed by atoms with van der Waals surface area (Å²) in [5.74, 6) is 0. The molecule has 0 unspecified atom stereocenters. The largest absolute Gasteiger partial charge is 0.358 e. The van der Waals surface area contributed by atoms with Gasteiger partial charge >= 0.3 is 0 Å². The minimum absolute atomic E-state index is 0.191. The zero-order chi connectivity index (χ0) is 16.1. The van der Waals surface area contributed by atoms with Gasteiger partial charge in [-0.25, -0.2) is 0 Å². The standard InChI is InChI=1S/C19H28N2O/c1-5-8-12-21(7-3)13-17-14(4)20-18-15(6-2)10-9-11-16(18)19(17)22/h9-11H,5-8,12-13H2,1-4H3,(H,20,22). The summed E-state index contributed by atoms with van der Waals surface area (Å²) in [6, 6.07) is 6.03. The van der Waals surface area contributed by atoms with Crippen LogP contribution in [0.2, 0.25) is 0 Å². The van der Waals surface area contributed by atoms with E-state index in [1.165, 1.54) is 18.4 Å². The number of benzene rings is 1. The van der Waals surface area contributed by atoms with Crippen molar-refractivity contribution in [2.75, 3.05) is 13.1 Å². The molecule has 1 heterocycles. The van der Waals surface area contributed by atoms with Crippen molar-refractivity contribution < 1.29 is 0 Å². The van der Waals surface area contributed by atoms with Crippen molar-refractivity contribution in [2.45, 2.75) is 53.5 Å². The topological polar surface area (TPSA) is 36.1 Å². The minimum Gasteiger partial charge on any atom is -0.358 e. The summed E-state index contributed by atoms with van der Waals surface area (Å²) >= 11 is 0. The first kappa shape index (κ1) is 16.8. The molecule has 0 aliphatic heterocycles. The highest BCUT2D eigenvalue weighted by atomic mass is 16.1. The second-order valence-electron chi connectivity index (χ2n) is 5.97. The van der Waals surface area contributed by atoms with E-state index < -0.39 is 0 Å². The first-order chi connectivity index (χ1) is 10.6. The van der Waals surface area contributed by atoms with Crippen LogP contribution in [0, 0.1) is 6.92 Å². The van der Waals surface area contributed by atoms with E-state index in [1.54, 1.807) is 0 Å². The van der Waals surface area contributed by atoms with Crippen molar-refractivity contribution in [3.63, 3.8) is 0 Å². The quantitative estimate of drug-likeness (QED) is 0.838. The predicted octanol–water partition coefficient (Wildman–Crippen LogP) is 4.02. The van der Waals surface area contributed by atoms with Gasteiger partial charge in [0.25, 0.3) is 0 Å². The maximum absolute atomic E-state index is 12.9. The van der Waals surface area contributed by atoms with Crippen molar-refractivity contribution in [2.24, 2.45) is 0 Å². The molecule has 2 rings (SSSR count). The van der Waals surface area contributed by atoms with Crippen molar-refractivity contribution in [3.05, 3.63) is 45.2 Å². The highest BCUT2D eigenvalue weighted by molar-refractivity contribution is 5.82. The molecule has 1 aromatic carbocycles. The Morgan fingerprint density at radius 1 is 1.18 bits per heavy atom. The Bertz CT molecular complexity index is 688. The van der Waals surface area contributed by atoms with Crippen LogP contribution in [0.15, 0.2) is 23.0 Å².